The number of fused-ring (bicyclic) bond motifs is 1. The first-order chi connectivity index (χ1) is 13.8. The van der Waals surface area contributed by atoms with E-state index in [4.69, 9.17) is 0 Å². The molecule has 3 aromatic heterocycles. The Morgan fingerprint density at radius 1 is 1.34 bits per heavy atom. The summed E-state index contributed by atoms with van der Waals surface area (Å²) in [5, 5.41) is 10.3. The van der Waals surface area contributed by atoms with Gasteiger partial charge in [-0.05, 0) is 58.8 Å². The molecule has 0 aliphatic heterocycles. The van der Waals surface area contributed by atoms with Crippen LogP contribution in [-0.2, 0) is 0 Å². The van der Waals surface area contributed by atoms with E-state index in [-0.39, 0.29) is 29.2 Å². The number of aryl methyl sites for hydroxylation is 1. The minimum Gasteiger partial charge on any atom is -0.350 e. The number of pyridine rings is 1. The van der Waals surface area contributed by atoms with E-state index in [1.165, 1.54) is 11.3 Å². The van der Waals surface area contributed by atoms with E-state index >= 15 is 0 Å². The maximum absolute atomic E-state index is 12.8. The minimum atomic E-state index is -0.153. The molecule has 152 valence electrons. The Morgan fingerprint density at radius 2 is 2.14 bits per heavy atom. The Morgan fingerprint density at radius 3 is 2.83 bits per heavy atom. The monoisotopic (exact) mass is 475 g/mol. The van der Waals surface area contributed by atoms with Crippen molar-refractivity contribution in [3.63, 3.8) is 0 Å². The number of nitrogens with one attached hydrogen (secondary N) is 2. The number of rotatable bonds is 5. The molecule has 0 spiro atoms. The van der Waals surface area contributed by atoms with Gasteiger partial charge >= 0.3 is 0 Å². The lowest BCUT2D eigenvalue weighted by atomic mass is 9.58. The number of nitrogens with zero attached hydrogens (tertiary/aromatic N) is 3. The van der Waals surface area contributed by atoms with E-state index in [2.05, 4.69) is 50.5 Å². The van der Waals surface area contributed by atoms with Crippen LogP contribution in [-0.4, -0.2) is 39.0 Å². The summed E-state index contributed by atoms with van der Waals surface area (Å²) in [4.78, 5) is 30.3. The van der Waals surface area contributed by atoms with Gasteiger partial charge in [-0.1, -0.05) is 13.8 Å². The second kappa shape index (κ2) is 7.53. The quantitative estimate of drug-likeness (QED) is 0.591. The number of carbonyl (C=O) groups is 2. The smallest absolute Gasteiger partial charge is 0.271 e. The Bertz CT molecular complexity index is 1090. The SMILES string of the molecule is Cc1sc(Br)nc1C(=O)NCC1CC(NC(=O)c2cccn3nccc23)C1(C)C. The van der Waals surface area contributed by atoms with Gasteiger partial charge in [0.1, 0.15) is 5.69 Å². The molecule has 2 N–H and O–H groups in total. The topological polar surface area (TPSA) is 88.4 Å². The largest absolute Gasteiger partial charge is 0.350 e. The molecular formula is C20H22BrN5O2S. The van der Waals surface area contributed by atoms with Gasteiger partial charge in [0.25, 0.3) is 11.8 Å². The van der Waals surface area contributed by atoms with Crippen molar-refractivity contribution < 1.29 is 9.59 Å². The minimum absolute atomic E-state index is 0.0511. The normalized spacial score (nSPS) is 20.3. The van der Waals surface area contributed by atoms with E-state index in [0.29, 0.717) is 21.7 Å². The molecule has 0 aromatic carbocycles. The van der Waals surface area contributed by atoms with Gasteiger partial charge in [-0.25, -0.2) is 9.50 Å². The van der Waals surface area contributed by atoms with Gasteiger partial charge in [0, 0.05) is 23.7 Å². The average Bonchev–Trinajstić information content (AvgIpc) is 3.29. The average molecular weight is 476 g/mol. The van der Waals surface area contributed by atoms with Crippen LogP contribution in [0.5, 0.6) is 0 Å². The van der Waals surface area contributed by atoms with Gasteiger partial charge in [0.05, 0.1) is 17.3 Å². The van der Waals surface area contributed by atoms with Crippen molar-refractivity contribution in [2.24, 2.45) is 11.3 Å². The second-order valence-electron chi connectivity index (χ2n) is 7.94. The van der Waals surface area contributed by atoms with Crippen molar-refractivity contribution in [2.75, 3.05) is 6.54 Å². The van der Waals surface area contributed by atoms with Gasteiger partial charge in [0.15, 0.2) is 3.92 Å². The van der Waals surface area contributed by atoms with Crippen LogP contribution < -0.4 is 10.6 Å². The molecule has 1 aliphatic rings. The third kappa shape index (κ3) is 3.69. The van der Waals surface area contributed by atoms with Crippen molar-refractivity contribution >= 4 is 44.6 Å². The van der Waals surface area contributed by atoms with Crippen molar-refractivity contribution in [1.82, 2.24) is 25.2 Å². The maximum Gasteiger partial charge on any atom is 0.271 e. The molecule has 29 heavy (non-hydrogen) atoms. The second-order valence-corrected chi connectivity index (χ2v) is 10.4. The molecule has 3 aromatic rings. The predicted molar refractivity (Wildman–Crippen MR) is 115 cm³/mol. The van der Waals surface area contributed by atoms with E-state index in [9.17, 15) is 9.59 Å². The number of hydrogen-bond donors (Lipinski definition) is 2. The summed E-state index contributed by atoms with van der Waals surface area (Å²) in [6.45, 7) is 6.70. The lowest BCUT2D eigenvalue weighted by molar-refractivity contribution is 0.0150. The summed E-state index contributed by atoms with van der Waals surface area (Å²) in [6.07, 6.45) is 4.32. The first-order valence-corrected chi connectivity index (χ1v) is 11.0. The third-order valence-electron chi connectivity index (χ3n) is 5.95. The molecule has 4 rings (SSSR count). The Labute approximate surface area is 181 Å². The summed E-state index contributed by atoms with van der Waals surface area (Å²) in [5.41, 5.74) is 1.75. The summed E-state index contributed by atoms with van der Waals surface area (Å²) in [7, 11) is 0. The molecule has 9 heteroatoms. The van der Waals surface area contributed by atoms with Crippen molar-refractivity contribution in [3.8, 4) is 0 Å². The van der Waals surface area contributed by atoms with Crippen molar-refractivity contribution in [3.05, 3.63) is 50.6 Å². The highest BCUT2D eigenvalue weighted by molar-refractivity contribution is 9.11. The molecule has 2 amide bonds. The van der Waals surface area contributed by atoms with Crippen LogP contribution in [0.15, 0.2) is 34.5 Å². The van der Waals surface area contributed by atoms with Gasteiger partial charge in [-0.3, -0.25) is 9.59 Å². The van der Waals surface area contributed by atoms with E-state index in [1.807, 2.05) is 31.3 Å². The van der Waals surface area contributed by atoms with Crippen LogP contribution in [0.25, 0.3) is 5.52 Å². The van der Waals surface area contributed by atoms with Crippen molar-refractivity contribution in [1.29, 1.82) is 0 Å². The number of hydrogen-bond acceptors (Lipinski definition) is 5. The lowest BCUT2D eigenvalue weighted by Gasteiger charge is -2.52. The van der Waals surface area contributed by atoms with Gasteiger partial charge < -0.3 is 10.6 Å². The Balaban J connectivity index is 1.36. The molecule has 0 radical (unpaired) electrons. The molecule has 1 saturated carbocycles. The fourth-order valence-corrected chi connectivity index (χ4v) is 5.39. The summed E-state index contributed by atoms with van der Waals surface area (Å²) >= 11 is 4.77. The Kier molecular flexibility index (Phi) is 5.20. The van der Waals surface area contributed by atoms with Crippen LogP contribution in [0, 0.1) is 18.3 Å². The van der Waals surface area contributed by atoms with Crippen LogP contribution >= 0.6 is 27.3 Å². The first kappa shape index (κ1) is 20.0. The number of thiazole rings is 1. The highest BCUT2D eigenvalue weighted by Crippen LogP contribution is 2.46. The molecule has 2 unspecified atom stereocenters. The molecule has 0 bridgehead atoms. The summed E-state index contributed by atoms with van der Waals surface area (Å²) < 4.78 is 2.40. The predicted octanol–water partition coefficient (Wildman–Crippen LogP) is 3.44. The fraction of sp³-hybridized carbons (Fsp3) is 0.400. The summed E-state index contributed by atoms with van der Waals surface area (Å²) in [6, 6.07) is 5.51. The Hall–Kier alpha value is -2.26. The van der Waals surface area contributed by atoms with Crippen LogP contribution in [0.3, 0.4) is 0 Å². The number of amides is 2. The zero-order chi connectivity index (χ0) is 20.8. The molecule has 7 nitrogen and oxygen atoms in total. The lowest BCUT2D eigenvalue weighted by Crippen LogP contribution is -2.60. The third-order valence-corrected chi connectivity index (χ3v) is 7.37. The molecule has 1 fully saturated rings. The van der Waals surface area contributed by atoms with Crippen LogP contribution in [0.1, 0.15) is 46.0 Å². The number of aromatic nitrogens is 3. The standard InChI is InChI=1S/C20H22BrN5O2S/c1-11-16(25-19(21)29-11)18(28)22-10-12-9-15(20(12,2)3)24-17(27)13-5-4-8-26-14(13)6-7-23-26/h4-8,12,15H,9-10H2,1-3H3,(H,22,28)(H,24,27). The highest BCUT2D eigenvalue weighted by atomic mass is 79.9. The number of carbonyl (C=O) groups excluding carboxylic acids is 2. The molecular weight excluding hydrogens is 454 g/mol. The molecule has 0 saturated heterocycles. The molecule has 1 aliphatic carbocycles. The van der Waals surface area contributed by atoms with E-state index in [1.54, 1.807) is 10.7 Å². The zero-order valence-corrected chi connectivity index (χ0v) is 18.8. The van der Waals surface area contributed by atoms with Gasteiger partial charge in [-0.15, -0.1) is 11.3 Å². The first-order valence-electron chi connectivity index (χ1n) is 9.41. The molecule has 2 atom stereocenters. The molecule has 3 heterocycles. The van der Waals surface area contributed by atoms with E-state index in [0.717, 1.165) is 16.8 Å². The zero-order valence-electron chi connectivity index (χ0n) is 16.4. The van der Waals surface area contributed by atoms with Gasteiger partial charge in [-0.2, -0.15) is 5.10 Å². The number of halogens is 1. The maximum atomic E-state index is 12.8. The van der Waals surface area contributed by atoms with Crippen molar-refractivity contribution in [2.45, 2.75) is 33.2 Å². The van der Waals surface area contributed by atoms with Crippen LogP contribution in [0.2, 0.25) is 0 Å². The van der Waals surface area contributed by atoms with Crippen LogP contribution in [0.4, 0.5) is 0 Å². The van der Waals surface area contributed by atoms with E-state index < -0.39 is 0 Å². The fourth-order valence-electron chi connectivity index (χ4n) is 3.86. The highest BCUT2D eigenvalue weighted by Gasteiger charge is 2.48. The summed E-state index contributed by atoms with van der Waals surface area (Å²) in [5.74, 6) is 0.0321. The van der Waals surface area contributed by atoms with Gasteiger partial charge in [0.2, 0.25) is 0 Å².